The number of hydrogen-bond acceptors (Lipinski definition) is 9. The Kier molecular flexibility index (Phi) is 9.16. The molecule has 0 amide bonds. The molecule has 12 heteroatoms. The Bertz CT molecular complexity index is 1400. The molecule has 3 aromatic rings. The summed E-state index contributed by atoms with van der Waals surface area (Å²) in [5.74, 6) is 1.40. The molecule has 0 atom stereocenters. The molecule has 1 aliphatic rings. The first-order chi connectivity index (χ1) is 18.6. The van der Waals surface area contributed by atoms with Crippen molar-refractivity contribution in [3.63, 3.8) is 0 Å². The molecular formula is C27H36ClN7O3S. The highest BCUT2D eigenvalue weighted by Gasteiger charge is 2.25. The first kappa shape index (κ1) is 28.9. The van der Waals surface area contributed by atoms with Crippen LogP contribution in [0.1, 0.15) is 13.8 Å². The van der Waals surface area contributed by atoms with Crippen molar-refractivity contribution >= 4 is 50.5 Å². The number of methoxy groups -OCH3 is 1. The van der Waals surface area contributed by atoms with E-state index in [-0.39, 0.29) is 27.6 Å². The van der Waals surface area contributed by atoms with Crippen molar-refractivity contribution in [1.29, 1.82) is 0 Å². The lowest BCUT2D eigenvalue weighted by molar-refractivity contribution is 0.312. The molecule has 0 bridgehead atoms. The third kappa shape index (κ3) is 6.91. The van der Waals surface area contributed by atoms with Crippen LogP contribution in [0, 0.1) is 5.92 Å². The number of benzene rings is 2. The zero-order valence-electron chi connectivity index (χ0n) is 23.0. The summed E-state index contributed by atoms with van der Waals surface area (Å²) in [4.78, 5) is 13.6. The molecule has 0 spiro atoms. The Morgan fingerprint density at radius 1 is 1.08 bits per heavy atom. The predicted molar refractivity (Wildman–Crippen MR) is 157 cm³/mol. The number of piperazine rings is 1. The van der Waals surface area contributed by atoms with Gasteiger partial charge in [0.15, 0.2) is 5.82 Å². The summed E-state index contributed by atoms with van der Waals surface area (Å²) in [5.41, 5.74) is 2.15. The minimum atomic E-state index is -3.74. The van der Waals surface area contributed by atoms with Gasteiger partial charge in [0.25, 0.3) is 0 Å². The Hall–Kier alpha value is -3.12. The van der Waals surface area contributed by atoms with E-state index < -0.39 is 10.0 Å². The van der Waals surface area contributed by atoms with Gasteiger partial charge in [0, 0.05) is 51.5 Å². The molecule has 1 saturated heterocycles. The minimum absolute atomic E-state index is 0.138. The highest BCUT2D eigenvalue weighted by molar-refractivity contribution is 7.89. The number of anilines is 5. The van der Waals surface area contributed by atoms with E-state index >= 15 is 0 Å². The van der Waals surface area contributed by atoms with Crippen molar-refractivity contribution in [1.82, 2.24) is 19.2 Å². The van der Waals surface area contributed by atoms with E-state index in [0.717, 1.165) is 31.9 Å². The smallest absolute Gasteiger partial charge is 0.244 e. The minimum Gasteiger partial charge on any atom is -0.494 e. The Morgan fingerprint density at radius 2 is 1.79 bits per heavy atom. The fourth-order valence-corrected chi connectivity index (χ4v) is 6.00. The van der Waals surface area contributed by atoms with Gasteiger partial charge in [0.2, 0.25) is 16.0 Å². The summed E-state index contributed by atoms with van der Waals surface area (Å²) in [5, 5.41) is 6.55. The van der Waals surface area contributed by atoms with Crippen LogP contribution in [0.4, 0.5) is 28.8 Å². The Labute approximate surface area is 236 Å². The first-order valence-corrected chi connectivity index (χ1v) is 14.6. The average molecular weight is 574 g/mol. The molecule has 0 radical (unpaired) electrons. The Morgan fingerprint density at radius 3 is 2.49 bits per heavy atom. The third-order valence-corrected chi connectivity index (χ3v) is 8.65. The fraction of sp³-hybridized carbons (Fsp3) is 0.407. The molecule has 1 aromatic heterocycles. The highest BCUT2D eigenvalue weighted by atomic mass is 35.5. The molecule has 1 fully saturated rings. The molecule has 0 saturated carbocycles. The molecule has 0 aliphatic carbocycles. The molecule has 2 N–H and O–H groups in total. The second-order valence-corrected chi connectivity index (χ2v) is 12.4. The van der Waals surface area contributed by atoms with Crippen LogP contribution >= 0.6 is 11.6 Å². The lowest BCUT2D eigenvalue weighted by atomic mass is 10.2. The van der Waals surface area contributed by atoms with Crippen LogP contribution in [0.5, 0.6) is 5.75 Å². The number of likely N-dealkylation sites (N-methyl/N-ethyl adjacent to an activating group) is 1. The quantitative estimate of drug-likeness (QED) is 0.358. The zero-order chi connectivity index (χ0) is 28.2. The number of aromatic nitrogens is 2. The third-order valence-electron chi connectivity index (χ3n) is 6.49. The van der Waals surface area contributed by atoms with Crippen molar-refractivity contribution in [3.8, 4) is 5.75 Å². The van der Waals surface area contributed by atoms with Crippen molar-refractivity contribution in [2.45, 2.75) is 18.7 Å². The number of para-hydroxylation sites is 1. The normalized spacial score (nSPS) is 14.6. The molecule has 2 aromatic carbocycles. The molecule has 4 rings (SSSR count). The van der Waals surface area contributed by atoms with Crippen molar-refractivity contribution in [2.24, 2.45) is 5.92 Å². The maximum absolute atomic E-state index is 13.3. The van der Waals surface area contributed by atoms with Crippen molar-refractivity contribution in [2.75, 3.05) is 69.5 Å². The molecule has 10 nitrogen and oxygen atoms in total. The summed E-state index contributed by atoms with van der Waals surface area (Å²) in [6.07, 6.45) is 1.46. The van der Waals surface area contributed by atoms with E-state index in [0.29, 0.717) is 23.7 Å². The SMILES string of the molecule is COc1cc(N2CCN(C)CC2)ccc1Nc1ncc(Cl)c(Nc2ccccc2S(=O)(=O)N(C)CC(C)C)n1. The van der Waals surface area contributed by atoms with Gasteiger partial charge in [-0.2, -0.15) is 4.98 Å². The number of ether oxygens (including phenoxy) is 1. The van der Waals surface area contributed by atoms with Gasteiger partial charge < -0.3 is 25.2 Å². The van der Waals surface area contributed by atoms with Gasteiger partial charge in [0.05, 0.1) is 24.7 Å². The van der Waals surface area contributed by atoms with Crippen LogP contribution in [-0.4, -0.2) is 81.5 Å². The maximum Gasteiger partial charge on any atom is 0.244 e. The summed E-state index contributed by atoms with van der Waals surface area (Å²) in [6.45, 7) is 8.26. The van der Waals surface area contributed by atoms with E-state index in [2.05, 4.69) is 37.4 Å². The highest BCUT2D eigenvalue weighted by Crippen LogP contribution is 2.34. The van der Waals surface area contributed by atoms with Gasteiger partial charge in [-0.15, -0.1) is 0 Å². The number of sulfonamides is 1. The standard InChI is InChI=1S/C27H36ClN7O3S/c1-19(2)18-34(4)39(36,37)25-9-7-6-8-23(25)30-26-21(28)17-29-27(32-26)31-22-11-10-20(16-24(22)38-5)35-14-12-33(3)13-15-35/h6-11,16-17,19H,12-15,18H2,1-5H3,(H2,29,30,31,32). The van der Waals surface area contributed by atoms with E-state index in [1.54, 1.807) is 38.4 Å². The molecule has 0 unspecified atom stereocenters. The van der Waals surface area contributed by atoms with Gasteiger partial charge in [-0.25, -0.2) is 17.7 Å². The van der Waals surface area contributed by atoms with Crippen LogP contribution in [0.2, 0.25) is 5.02 Å². The number of nitrogens with one attached hydrogen (secondary N) is 2. The van der Waals surface area contributed by atoms with Gasteiger partial charge in [-0.05, 0) is 37.2 Å². The summed E-state index contributed by atoms with van der Waals surface area (Å²) in [6, 6.07) is 12.7. The monoisotopic (exact) mass is 573 g/mol. The van der Waals surface area contributed by atoms with Crippen LogP contribution in [0.15, 0.2) is 53.6 Å². The molecule has 2 heterocycles. The maximum atomic E-state index is 13.3. The lowest BCUT2D eigenvalue weighted by Crippen LogP contribution is -2.44. The number of hydrogen-bond donors (Lipinski definition) is 2. The van der Waals surface area contributed by atoms with E-state index in [4.69, 9.17) is 16.3 Å². The molecule has 1 aliphatic heterocycles. The van der Waals surface area contributed by atoms with Gasteiger partial charge in [0.1, 0.15) is 15.7 Å². The average Bonchev–Trinajstić information content (AvgIpc) is 2.91. The lowest BCUT2D eigenvalue weighted by Gasteiger charge is -2.34. The van der Waals surface area contributed by atoms with Crippen LogP contribution in [0.3, 0.4) is 0 Å². The van der Waals surface area contributed by atoms with E-state index in [1.807, 2.05) is 32.0 Å². The second kappa shape index (κ2) is 12.4. The van der Waals surface area contributed by atoms with Gasteiger partial charge >= 0.3 is 0 Å². The largest absolute Gasteiger partial charge is 0.494 e. The summed E-state index contributed by atoms with van der Waals surface area (Å²) >= 11 is 6.41. The van der Waals surface area contributed by atoms with Crippen LogP contribution in [-0.2, 0) is 10.0 Å². The topological polar surface area (TPSA) is 103 Å². The van der Waals surface area contributed by atoms with Crippen molar-refractivity contribution < 1.29 is 13.2 Å². The van der Waals surface area contributed by atoms with Crippen molar-refractivity contribution in [3.05, 3.63) is 53.7 Å². The first-order valence-electron chi connectivity index (χ1n) is 12.8. The number of halogens is 1. The van der Waals surface area contributed by atoms with E-state index in [9.17, 15) is 8.42 Å². The van der Waals surface area contributed by atoms with Crippen LogP contribution < -0.4 is 20.3 Å². The second-order valence-electron chi connectivity index (χ2n) is 9.99. The summed E-state index contributed by atoms with van der Waals surface area (Å²) in [7, 11) is 1.59. The Balaban J connectivity index is 1.57. The molecule has 210 valence electrons. The summed E-state index contributed by atoms with van der Waals surface area (Å²) < 4.78 is 33.6. The predicted octanol–water partition coefficient (Wildman–Crippen LogP) is 4.65. The van der Waals surface area contributed by atoms with Crippen LogP contribution in [0.25, 0.3) is 0 Å². The zero-order valence-corrected chi connectivity index (χ0v) is 24.6. The van der Waals surface area contributed by atoms with E-state index in [1.165, 1.54) is 10.5 Å². The fourth-order valence-electron chi connectivity index (χ4n) is 4.38. The van der Waals surface area contributed by atoms with Gasteiger partial charge in [-0.3, -0.25) is 0 Å². The number of rotatable bonds is 10. The molecule has 39 heavy (non-hydrogen) atoms. The van der Waals surface area contributed by atoms with Gasteiger partial charge in [-0.1, -0.05) is 37.6 Å². The number of nitrogens with zero attached hydrogens (tertiary/aromatic N) is 5. The molecular weight excluding hydrogens is 538 g/mol.